The van der Waals surface area contributed by atoms with E-state index >= 15 is 0 Å². The molecule has 1 aliphatic heterocycles. The number of nitrogens with zero attached hydrogens (tertiary/aromatic N) is 3. The molecule has 134 valence electrons. The molecule has 0 spiro atoms. The van der Waals surface area contributed by atoms with Crippen LogP contribution in [-0.2, 0) is 0 Å². The summed E-state index contributed by atoms with van der Waals surface area (Å²) < 4.78 is 7.43. The van der Waals surface area contributed by atoms with Crippen LogP contribution in [0.1, 0.15) is 13.3 Å². The highest BCUT2D eigenvalue weighted by atomic mass is 16.5. The van der Waals surface area contributed by atoms with Crippen molar-refractivity contribution in [3.63, 3.8) is 0 Å². The van der Waals surface area contributed by atoms with Crippen LogP contribution in [0.25, 0.3) is 5.69 Å². The van der Waals surface area contributed by atoms with Crippen molar-refractivity contribution in [1.29, 1.82) is 0 Å². The van der Waals surface area contributed by atoms with Gasteiger partial charge in [0.2, 0.25) is 0 Å². The lowest BCUT2D eigenvalue weighted by Gasteiger charge is -2.22. The average molecular weight is 343 g/mol. The zero-order valence-corrected chi connectivity index (χ0v) is 14.5. The predicted molar refractivity (Wildman–Crippen MR) is 97.9 cm³/mol. The smallest absolute Gasteiger partial charge is 0.354 e. The maximum atomic E-state index is 11.9. The van der Waals surface area contributed by atoms with Crippen LogP contribution in [0, 0.1) is 5.92 Å². The van der Waals surface area contributed by atoms with Crippen molar-refractivity contribution < 1.29 is 4.74 Å². The number of nitrogen functional groups attached to an aromatic ring is 1. The second-order valence-electron chi connectivity index (χ2n) is 6.58. The highest BCUT2D eigenvalue weighted by Gasteiger charge is 2.22. The summed E-state index contributed by atoms with van der Waals surface area (Å²) in [6.07, 6.45) is 2.87. The minimum Gasteiger partial charge on any atom is -0.489 e. The van der Waals surface area contributed by atoms with E-state index in [0.717, 1.165) is 37.6 Å². The lowest BCUT2D eigenvalue weighted by molar-refractivity contribution is 0.159. The molecular weight excluding hydrogens is 318 g/mol. The van der Waals surface area contributed by atoms with Gasteiger partial charge < -0.3 is 16.2 Å². The van der Waals surface area contributed by atoms with E-state index < -0.39 is 5.69 Å². The summed E-state index contributed by atoms with van der Waals surface area (Å²) in [5, 5.41) is 0. The molecule has 1 fully saturated rings. The van der Waals surface area contributed by atoms with Gasteiger partial charge in [-0.25, -0.2) is 4.79 Å². The Kier molecular flexibility index (Phi) is 5.35. The topological polar surface area (TPSA) is 99.4 Å². The maximum absolute atomic E-state index is 11.9. The second-order valence-corrected chi connectivity index (χ2v) is 6.58. The molecule has 4 N–H and O–H groups in total. The van der Waals surface area contributed by atoms with Crippen molar-refractivity contribution in [3.8, 4) is 11.4 Å². The summed E-state index contributed by atoms with van der Waals surface area (Å²) in [4.78, 5) is 18.0. The highest BCUT2D eigenvalue weighted by Crippen LogP contribution is 2.18. The standard InChI is InChI=1S/C18H25N5O2/c1-13(11-22-8-6-14(10-19)12-22)25-16-4-2-15(3-5-16)23-9-7-17(20)21-18(23)24/h2-5,7,9,13-14H,6,8,10-12,19H2,1H3,(H2,20,21,24)/t13?,14-/m1/s1. The minimum atomic E-state index is -0.398. The van der Waals surface area contributed by atoms with Gasteiger partial charge in [-0.05, 0) is 62.7 Å². The number of likely N-dealkylation sites (tertiary alicyclic amines) is 1. The van der Waals surface area contributed by atoms with Crippen LogP contribution >= 0.6 is 0 Å². The number of rotatable bonds is 6. The molecule has 1 aromatic carbocycles. The van der Waals surface area contributed by atoms with Crippen molar-refractivity contribution in [3.05, 3.63) is 47.0 Å². The third-order valence-corrected chi connectivity index (χ3v) is 4.50. The molecule has 7 nitrogen and oxygen atoms in total. The van der Waals surface area contributed by atoms with Crippen LogP contribution in [0.5, 0.6) is 5.75 Å². The van der Waals surface area contributed by atoms with Crippen molar-refractivity contribution in [2.75, 3.05) is 31.9 Å². The summed E-state index contributed by atoms with van der Waals surface area (Å²) in [5.41, 5.74) is 11.6. The summed E-state index contributed by atoms with van der Waals surface area (Å²) in [5.74, 6) is 1.61. The Balaban J connectivity index is 1.60. The number of hydrogen-bond acceptors (Lipinski definition) is 6. The molecular formula is C18H25N5O2. The van der Waals surface area contributed by atoms with Crippen molar-refractivity contribution in [2.24, 2.45) is 11.7 Å². The van der Waals surface area contributed by atoms with Gasteiger partial charge in [-0.3, -0.25) is 9.47 Å². The lowest BCUT2D eigenvalue weighted by atomic mass is 10.1. The van der Waals surface area contributed by atoms with E-state index in [1.807, 2.05) is 24.3 Å². The van der Waals surface area contributed by atoms with Gasteiger partial charge in [0.25, 0.3) is 0 Å². The van der Waals surface area contributed by atoms with Crippen LogP contribution in [0.15, 0.2) is 41.3 Å². The number of anilines is 1. The first kappa shape index (κ1) is 17.4. The second kappa shape index (κ2) is 7.67. The molecule has 0 amide bonds. The van der Waals surface area contributed by atoms with Crippen molar-refractivity contribution in [1.82, 2.24) is 14.5 Å². The normalized spacial score (nSPS) is 19.0. The monoisotopic (exact) mass is 343 g/mol. The largest absolute Gasteiger partial charge is 0.489 e. The fourth-order valence-corrected chi connectivity index (χ4v) is 3.20. The third kappa shape index (κ3) is 4.37. The highest BCUT2D eigenvalue weighted by molar-refractivity contribution is 5.38. The predicted octanol–water partition coefficient (Wildman–Crippen LogP) is 0.863. The van der Waals surface area contributed by atoms with Gasteiger partial charge in [0.05, 0.1) is 5.69 Å². The SMILES string of the molecule is CC(CN1CC[C@H](CN)C1)Oc1ccc(-n2ccc(N)nc2=O)cc1. The number of nitrogens with two attached hydrogens (primary N) is 2. The van der Waals surface area contributed by atoms with Gasteiger partial charge in [0.1, 0.15) is 17.7 Å². The summed E-state index contributed by atoms with van der Waals surface area (Å²) in [7, 11) is 0. The summed E-state index contributed by atoms with van der Waals surface area (Å²) >= 11 is 0. The first-order valence-corrected chi connectivity index (χ1v) is 8.60. The number of aromatic nitrogens is 2. The first-order valence-electron chi connectivity index (χ1n) is 8.60. The zero-order valence-electron chi connectivity index (χ0n) is 14.5. The Bertz CT molecular complexity index is 759. The minimum absolute atomic E-state index is 0.0864. The van der Waals surface area contributed by atoms with E-state index in [9.17, 15) is 4.79 Å². The third-order valence-electron chi connectivity index (χ3n) is 4.50. The van der Waals surface area contributed by atoms with Crippen LogP contribution in [0.4, 0.5) is 5.82 Å². The van der Waals surface area contributed by atoms with Gasteiger partial charge in [-0.15, -0.1) is 0 Å². The van der Waals surface area contributed by atoms with Gasteiger partial charge in [-0.1, -0.05) is 0 Å². The molecule has 3 rings (SSSR count). The van der Waals surface area contributed by atoms with Gasteiger partial charge in [0, 0.05) is 19.3 Å². The fourth-order valence-electron chi connectivity index (χ4n) is 3.20. The van der Waals surface area contributed by atoms with Crippen LogP contribution in [0.2, 0.25) is 0 Å². The average Bonchev–Trinajstić information content (AvgIpc) is 3.03. The number of ether oxygens (including phenoxy) is 1. The van der Waals surface area contributed by atoms with E-state index in [4.69, 9.17) is 16.2 Å². The van der Waals surface area contributed by atoms with E-state index in [1.54, 1.807) is 12.3 Å². The van der Waals surface area contributed by atoms with Gasteiger partial charge in [0.15, 0.2) is 0 Å². The molecule has 1 aromatic heterocycles. The van der Waals surface area contributed by atoms with Gasteiger partial charge >= 0.3 is 5.69 Å². The quantitative estimate of drug-likeness (QED) is 0.807. The zero-order chi connectivity index (χ0) is 17.8. The Morgan fingerprint density at radius 2 is 2.08 bits per heavy atom. The molecule has 0 bridgehead atoms. The van der Waals surface area contributed by atoms with Crippen LogP contribution < -0.4 is 21.9 Å². The first-order chi connectivity index (χ1) is 12.0. The maximum Gasteiger partial charge on any atom is 0.354 e. The summed E-state index contributed by atoms with van der Waals surface area (Å²) in [6, 6.07) is 8.99. The molecule has 0 radical (unpaired) electrons. The van der Waals surface area contributed by atoms with Crippen LogP contribution in [-0.4, -0.2) is 46.7 Å². The molecule has 1 saturated heterocycles. The Labute approximate surface area is 147 Å². The molecule has 2 aromatic rings. The molecule has 2 heterocycles. The molecule has 0 saturated carbocycles. The molecule has 25 heavy (non-hydrogen) atoms. The molecule has 1 unspecified atom stereocenters. The van der Waals surface area contributed by atoms with E-state index in [1.165, 1.54) is 11.0 Å². The number of hydrogen-bond donors (Lipinski definition) is 2. The van der Waals surface area contributed by atoms with E-state index in [-0.39, 0.29) is 11.9 Å². The fraction of sp³-hybridized carbons (Fsp3) is 0.444. The molecule has 7 heteroatoms. The van der Waals surface area contributed by atoms with E-state index in [2.05, 4.69) is 16.8 Å². The van der Waals surface area contributed by atoms with Gasteiger partial charge in [-0.2, -0.15) is 4.98 Å². The van der Waals surface area contributed by atoms with Crippen molar-refractivity contribution >= 4 is 5.82 Å². The lowest BCUT2D eigenvalue weighted by Crippen LogP contribution is -2.33. The molecule has 2 atom stereocenters. The number of benzene rings is 1. The van der Waals surface area contributed by atoms with Crippen molar-refractivity contribution in [2.45, 2.75) is 19.4 Å². The Morgan fingerprint density at radius 3 is 2.72 bits per heavy atom. The molecule has 0 aliphatic carbocycles. The Morgan fingerprint density at radius 1 is 1.32 bits per heavy atom. The van der Waals surface area contributed by atoms with Crippen LogP contribution in [0.3, 0.4) is 0 Å². The Hall–Kier alpha value is -2.38. The molecule has 1 aliphatic rings. The van der Waals surface area contributed by atoms with E-state index in [0.29, 0.717) is 5.92 Å². The summed E-state index contributed by atoms with van der Waals surface area (Å²) in [6.45, 7) is 5.85.